The predicted molar refractivity (Wildman–Crippen MR) is 76.5 cm³/mol. The molecule has 2 bridgehead atoms. The third kappa shape index (κ3) is 2.55. The largest absolute Gasteiger partial charge is 0.313 e. The van der Waals surface area contributed by atoms with E-state index in [2.05, 4.69) is 5.32 Å². The summed E-state index contributed by atoms with van der Waals surface area (Å²) in [7, 11) is 2.03. The molecule has 0 heterocycles. The Morgan fingerprint density at radius 2 is 2.16 bits per heavy atom. The van der Waals surface area contributed by atoms with Crippen molar-refractivity contribution in [2.75, 3.05) is 7.05 Å². The molecule has 1 aromatic carbocycles. The Morgan fingerprint density at radius 3 is 2.74 bits per heavy atom. The highest BCUT2D eigenvalue weighted by Crippen LogP contribution is 2.51. The number of rotatable bonds is 4. The van der Waals surface area contributed by atoms with E-state index in [1.165, 1.54) is 37.7 Å². The maximum atomic E-state index is 13.2. The molecule has 19 heavy (non-hydrogen) atoms. The molecule has 4 unspecified atom stereocenters. The van der Waals surface area contributed by atoms with Gasteiger partial charge in [0, 0.05) is 6.04 Å². The van der Waals surface area contributed by atoms with Crippen molar-refractivity contribution < 1.29 is 4.39 Å². The number of fused-ring (bicyclic) bond motifs is 2. The van der Waals surface area contributed by atoms with Gasteiger partial charge in [0.25, 0.3) is 0 Å². The van der Waals surface area contributed by atoms with E-state index in [4.69, 9.17) is 0 Å². The molecule has 2 aliphatic carbocycles. The first-order valence-corrected chi connectivity index (χ1v) is 7.60. The van der Waals surface area contributed by atoms with E-state index in [0.717, 1.165) is 23.3 Å². The minimum atomic E-state index is -0.129. The lowest BCUT2D eigenvalue weighted by Crippen LogP contribution is -2.23. The second kappa shape index (κ2) is 5.24. The Hall–Kier alpha value is -0.890. The fourth-order valence-corrected chi connectivity index (χ4v) is 4.40. The maximum Gasteiger partial charge on any atom is 0.123 e. The van der Waals surface area contributed by atoms with Gasteiger partial charge in [0.05, 0.1) is 0 Å². The standard InChI is InChI=1S/C17H24FN/c1-11-7-15(18)5-6-16(11)17(19-2)10-14-9-12-3-4-13(14)8-12/h5-7,12-14,17,19H,3-4,8-10H2,1-2H3. The summed E-state index contributed by atoms with van der Waals surface area (Å²) in [6.07, 6.45) is 6.99. The van der Waals surface area contributed by atoms with Crippen LogP contribution in [0.5, 0.6) is 0 Å². The summed E-state index contributed by atoms with van der Waals surface area (Å²) in [6, 6.07) is 5.58. The second-order valence-corrected chi connectivity index (χ2v) is 6.51. The van der Waals surface area contributed by atoms with Crippen LogP contribution in [-0.2, 0) is 0 Å². The first-order valence-electron chi connectivity index (χ1n) is 7.60. The van der Waals surface area contributed by atoms with Crippen LogP contribution in [0.1, 0.15) is 49.3 Å². The van der Waals surface area contributed by atoms with Gasteiger partial charge >= 0.3 is 0 Å². The number of aryl methyl sites for hydroxylation is 1. The van der Waals surface area contributed by atoms with Crippen molar-refractivity contribution in [3.05, 3.63) is 35.1 Å². The zero-order chi connectivity index (χ0) is 13.4. The number of nitrogens with one attached hydrogen (secondary N) is 1. The monoisotopic (exact) mass is 261 g/mol. The summed E-state index contributed by atoms with van der Waals surface area (Å²) in [5.74, 6) is 2.71. The molecule has 3 rings (SSSR count). The molecule has 2 saturated carbocycles. The number of halogens is 1. The smallest absolute Gasteiger partial charge is 0.123 e. The summed E-state index contributed by atoms with van der Waals surface area (Å²) in [5, 5.41) is 3.44. The van der Waals surface area contributed by atoms with Gasteiger partial charge in [-0.1, -0.05) is 12.5 Å². The Bertz CT molecular complexity index is 457. The van der Waals surface area contributed by atoms with E-state index in [0.29, 0.717) is 6.04 Å². The summed E-state index contributed by atoms with van der Waals surface area (Å²) in [4.78, 5) is 0. The Labute approximate surface area is 115 Å². The average Bonchev–Trinajstić information content (AvgIpc) is 2.99. The first-order chi connectivity index (χ1) is 9.17. The van der Waals surface area contributed by atoms with Gasteiger partial charge in [-0.3, -0.25) is 0 Å². The van der Waals surface area contributed by atoms with E-state index in [1.54, 1.807) is 12.1 Å². The van der Waals surface area contributed by atoms with Gasteiger partial charge in [0.1, 0.15) is 5.82 Å². The van der Waals surface area contributed by atoms with Crippen molar-refractivity contribution in [2.24, 2.45) is 17.8 Å². The van der Waals surface area contributed by atoms with E-state index in [9.17, 15) is 4.39 Å². The minimum Gasteiger partial charge on any atom is -0.313 e. The second-order valence-electron chi connectivity index (χ2n) is 6.51. The summed E-state index contributed by atoms with van der Waals surface area (Å²) < 4.78 is 13.2. The molecule has 104 valence electrons. The van der Waals surface area contributed by atoms with Crippen LogP contribution >= 0.6 is 0 Å². The van der Waals surface area contributed by atoms with Crippen LogP contribution in [0.2, 0.25) is 0 Å². The Morgan fingerprint density at radius 1 is 1.32 bits per heavy atom. The van der Waals surface area contributed by atoms with Crippen LogP contribution in [0.15, 0.2) is 18.2 Å². The molecule has 0 aliphatic heterocycles. The van der Waals surface area contributed by atoms with Crippen molar-refractivity contribution in [2.45, 2.75) is 45.1 Å². The molecule has 1 N–H and O–H groups in total. The van der Waals surface area contributed by atoms with Gasteiger partial charge in [0.2, 0.25) is 0 Å². The van der Waals surface area contributed by atoms with E-state index in [-0.39, 0.29) is 5.82 Å². The molecule has 2 fully saturated rings. The number of hydrogen-bond acceptors (Lipinski definition) is 1. The lowest BCUT2D eigenvalue weighted by Gasteiger charge is -2.27. The highest BCUT2D eigenvalue weighted by atomic mass is 19.1. The molecule has 2 heteroatoms. The number of hydrogen-bond donors (Lipinski definition) is 1. The SMILES string of the molecule is CNC(CC1CC2CCC1C2)c1ccc(F)cc1C. The zero-order valence-electron chi connectivity index (χ0n) is 12.0. The quantitative estimate of drug-likeness (QED) is 0.855. The molecule has 0 spiro atoms. The molecule has 2 aliphatic rings. The summed E-state index contributed by atoms with van der Waals surface area (Å²) in [6.45, 7) is 2.02. The highest BCUT2D eigenvalue weighted by Gasteiger charge is 2.40. The molecular weight excluding hydrogens is 237 g/mol. The lowest BCUT2D eigenvalue weighted by molar-refractivity contribution is 0.284. The molecule has 1 nitrogen and oxygen atoms in total. The van der Waals surface area contributed by atoms with Crippen LogP contribution in [0, 0.1) is 30.5 Å². The predicted octanol–water partition coefficient (Wildman–Crippen LogP) is 4.22. The van der Waals surface area contributed by atoms with E-state index < -0.39 is 0 Å². The Kier molecular flexibility index (Phi) is 3.62. The van der Waals surface area contributed by atoms with Crippen molar-refractivity contribution in [1.82, 2.24) is 5.32 Å². The van der Waals surface area contributed by atoms with Crippen LogP contribution < -0.4 is 5.32 Å². The van der Waals surface area contributed by atoms with E-state index >= 15 is 0 Å². The van der Waals surface area contributed by atoms with Crippen LogP contribution in [0.25, 0.3) is 0 Å². The highest BCUT2D eigenvalue weighted by molar-refractivity contribution is 5.29. The molecule has 0 saturated heterocycles. The van der Waals surface area contributed by atoms with Gasteiger partial charge in [-0.25, -0.2) is 4.39 Å². The molecule has 4 atom stereocenters. The fourth-order valence-electron chi connectivity index (χ4n) is 4.40. The van der Waals surface area contributed by atoms with Gasteiger partial charge in [-0.2, -0.15) is 0 Å². The average molecular weight is 261 g/mol. The van der Waals surface area contributed by atoms with Crippen LogP contribution in [0.4, 0.5) is 4.39 Å². The van der Waals surface area contributed by atoms with Crippen LogP contribution in [0.3, 0.4) is 0 Å². The van der Waals surface area contributed by atoms with Crippen molar-refractivity contribution in [3.8, 4) is 0 Å². The maximum absolute atomic E-state index is 13.2. The van der Waals surface area contributed by atoms with Gasteiger partial charge in [-0.15, -0.1) is 0 Å². The summed E-state index contributed by atoms with van der Waals surface area (Å²) in [5.41, 5.74) is 2.34. The third-order valence-electron chi connectivity index (χ3n) is 5.38. The number of benzene rings is 1. The normalized spacial score (nSPS) is 30.8. The van der Waals surface area contributed by atoms with Gasteiger partial charge < -0.3 is 5.32 Å². The van der Waals surface area contributed by atoms with Crippen molar-refractivity contribution in [1.29, 1.82) is 0 Å². The van der Waals surface area contributed by atoms with Crippen molar-refractivity contribution >= 4 is 0 Å². The Balaban J connectivity index is 1.73. The molecule has 0 amide bonds. The van der Waals surface area contributed by atoms with E-state index in [1.807, 2.05) is 20.0 Å². The molecular formula is C17H24FN. The van der Waals surface area contributed by atoms with Gasteiger partial charge in [0.15, 0.2) is 0 Å². The third-order valence-corrected chi connectivity index (χ3v) is 5.38. The molecule has 0 radical (unpaired) electrons. The van der Waals surface area contributed by atoms with Crippen LogP contribution in [-0.4, -0.2) is 7.05 Å². The van der Waals surface area contributed by atoms with Crippen molar-refractivity contribution in [3.63, 3.8) is 0 Å². The minimum absolute atomic E-state index is 0.129. The summed E-state index contributed by atoms with van der Waals surface area (Å²) >= 11 is 0. The topological polar surface area (TPSA) is 12.0 Å². The zero-order valence-corrected chi connectivity index (χ0v) is 12.0. The first kappa shape index (κ1) is 13.1. The molecule has 1 aromatic rings. The van der Waals surface area contributed by atoms with Gasteiger partial charge in [-0.05, 0) is 80.7 Å². The molecule has 0 aromatic heterocycles. The fraction of sp³-hybridized carbons (Fsp3) is 0.647. The lowest BCUT2D eigenvalue weighted by atomic mass is 9.82.